The second kappa shape index (κ2) is 3.88. The Labute approximate surface area is 73.0 Å². The zero-order chi connectivity index (χ0) is 9.03. The van der Waals surface area contributed by atoms with Crippen LogP contribution in [0.1, 0.15) is 6.92 Å². The fourth-order valence-electron chi connectivity index (χ4n) is 1.07. The lowest BCUT2D eigenvalue weighted by Crippen LogP contribution is -2.06. The van der Waals surface area contributed by atoms with Crippen molar-refractivity contribution in [2.24, 2.45) is 0 Å². The average molecular weight is 184 g/mol. The van der Waals surface area contributed by atoms with E-state index in [1.54, 1.807) is 0 Å². The van der Waals surface area contributed by atoms with Crippen LogP contribution in [0, 0.1) is 0 Å². The molecule has 2 nitrogen and oxygen atoms in total. The van der Waals surface area contributed by atoms with E-state index in [9.17, 15) is 4.57 Å². The van der Waals surface area contributed by atoms with Gasteiger partial charge in [0.1, 0.15) is 0 Å². The van der Waals surface area contributed by atoms with Crippen LogP contribution in [0.25, 0.3) is 0 Å². The highest BCUT2D eigenvalue weighted by molar-refractivity contribution is 7.66. The summed E-state index contributed by atoms with van der Waals surface area (Å²) in [5.41, 5.74) is 0. The highest BCUT2D eigenvalue weighted by Gasteiger charge is 2.20. The molecule has 66 valence electrons. The van der Waals surface area contributed by atoms with Gasteiger partial charge in [-0.2, -0.15) is 0 Å². The van der Waals surface area contributed by atoms with Crippen LogP contribution in [0.15, 0.2) is 30.3 Å². The topological polar surface area (TPSA) is 26.3 Å². The van der Waals surface area contributed by atoms with Crippen molar-refractivity contribution in [1.29, 1.82) is 0 Å². The van der Waals surface area contributed by atoms with Gasteiger partial charge in [0.15, 0.2) is 0 Å². The van der Waals surface area contributed by atoms with Crippen molar-refractivity contribution in [2.75, 3.05) is 13.3 Å². The molecule has 0 unspecified atom stereocenters. The summed E-state index contributed by atoms with van der Waals surface area (Å²) in [4.78, 5) is 0. The molecule has 0 amide bonds. The molecule has 0 radical (unpaired) electrons. The number of benzene rings is 1. The third-order valence-electron chi connectivity index (χ3n) is 1.86. The Balaban J connectivity index is 3.04. The molecule has 0 N–H and O–H groups in total. The minimum atomic E-state index is -2.53. The van der Waals surface area contributed by atoms with Gasteiger partial charge in [-0.25, -0.2) is 0 Å². The zero-order valence-corrected chi connectivity index (χ0v) is 8.25. The normalized spacial score (nSPS) is 15.5. The van der Waals surface area contributed by atoms with E-state index in [0.717, 1.165) is 5.30 Å². The van der Waals surface area contributed by atoms with Gasteiger partial charge in [0.25, 0.3) is 0 Å². The molecule has 0 bridgehead atoms. The third kappa shape index (κ3) is 1.77. The van der Waals surface area contributed by atoms with E-state index < -0.39 is 7.37 Å². The first-order valence-corrected chi connectivity index (χ1v) is 5.74. The molecular weight excluding hydrogens is 171 g/mol. The number of rotatable bonds is 3. The van der Waals surface area contributed by atoms with Gasteiger partial charge in [0.05, 0.1) is 0 Å². The standard InChI is InChI=1S/C9H13O2P/c1-3-12(10,11-2)9-7-5-4-6-8-9/h4-8H,3H2,1-2H3/t12-/m1/s1. The second-order valence-electron chi connectivity index (χ2n) is 2.51. The van der Waals surface area contributed by atoms with Gasteiger partial charge >= 0.3 is 0 Å². The van der Waals surface area contributed by atoms with E-state index >= 15 is 0 Å². The number of hydrogen-bond donors (Lipinski definition) is 0. The fraction of sp³-hybridized carbons (Fsp3) is 0.333. The largest absolute Gasteiger partial charge is 0.329 e. The summed E-state index contributed by atoms with van der Waals surface area (Å²) in [5, 5.41) is 0.801. The van der Waals surface area contributed by atoms with E-state index in [1.807, 2.05) is 37.3 Å². The van der Waals surface area contributed by atoms with Crippen molar-refractivity contribution in [3.8, 4) is 0 Å². The predicted octanol–water partition coefficient (Wildman–Crippen LogP) is 2.26. The molecule has 0 saturated heterocycles. The van der Waals surface area contributed by atoms with Crippen molar-refractivity contribution in [2.45, 2.75) is 6.92 Å². The van der Waals surface area contributed by atoms with Gasteiger partial charge in [-0.05, 0) is 12.1 Å². The minimum Gasteiger partial charge on any atom is -0.329 e. The summed E-state index contributed by atoms with van der Waals surface area (Å²) in [6, 6.07) is 9.33. The summed E-state index contributed by atoms with van der Waals surface area (Å²) in [5.74, 6) is 0. The van der Waals surface area contributed by atoms with Crippen molar-refractivity contribution in [3.63, 3.8) is 0 Å². The first kappa shape index (κ1) is 9.50. The predicted molar refractivity (Wildman–Crippen MR) is 51.2 cm³/mol. The van der Waals surface area contributed by atoms with E-state index in [-0.39, 0.29) is 0 Å². The van der Waals surface area contributed by atoms with E-state index in [1.165, 1.54) is 7.11 Å². The molecule has 0 aromatic heterocycles. The van der Waals surface area contributed by atoms with Crippen LogP contribution in [0.2, 0.25) is 0 Å². The molecule has 0 aliphatic heterocycles. The summed E-state index contributed by atoms with van der Waals surface area (Å²) in [6.45, 7) is 1.87. The van der Waals surface area contributed by atoms with Crippen molar-refractivity contribution >= 4 is 12.7 Å². The maximum Gasteiger partial charge on any atom is 0.231 e. The molecule has 12 heavy (non-hydrogen) atoms. The Morgan fingerprint density at radius 2 is 1.92 bits per heavy atom. The van der Waals surface area contributed by atoms with E-state index in [4.69, 9.17) is 4.52 Å². The molecule has 1 rings (SSSR count). The number of hydrogen-bond acceptors (Lipinski definition) is 2. The summed E-state index contributed by atoms with van der Waals surface area (Å²) < 4.78 is 17.0. The van der Waals surface area contributed by atoms with E-state index in [0.29, 0.717) is 6.16 Å². The van der Waals surface area contributed by atoms with Crippen LogP contribution in [0.5, 0.6) is 0 Å². The van der Waals surface area contributed by atoms with Crippen molar-refractivity contribution in [1.82, 2.24) is 0 Å². The van der Waals surface area contributed by atoms with Crippen LogP contribution in [-0.2, 0) is 9.09 Å². The lowest BCUT2D eigenvalue weighted by Gasteiger charge is -2.13. The first-order valence-electron chi connectivity index (χ1n) is 3.93. The third-order valence-corrected chi connectivity index (χ3v) is 4.37. The molecule has 0 spiro atoms. The van der Waals surface area contributed by atoms with Gasteiger partial charge < -0.3 is 4.52 Å². The molecule has 1 aromatic carbocycles. The molecule has 0 aliphatic carbocycles. The van der Waals surface area contributed by atoms with Gasteiger partial charge in [0.2, 0.25) is 7.37 Å². The Morgan fingerprint density at radius 3 is 2.33 bits per heavy atom. The highest BCUT2D eigenvalue weighted by atomic mass is 31.2. The highest BCUT2D eigenvalue weighted by Crippen LogP contribution is 2.43. The van der Waals surface area contributed by atoms with Crippen LogP contribution in [-0.4, -0.2) is 13.3 Å². The Kier molecular flexibility index (Phi) is 3.07. The second-order valence-corrected chi connectivity index (χ2v) is 5.37. The van der Waals surface area contributed by atoms with Crippen molar-refractivity contribution in [3.05, 3.63) is 30.3 Å². The minimum absolute atomic E-state index is 0.549. The van der Waals surface area contributed by atoms with Crippen LogP contribution in [0.4, 0.5) is 0 Å². The molecule has 1 aromatic rings. The van der Waals surface area contributed by atoms with Gasteiger partial charge in [-0.3, -0.25) is 4.57 Å². The Hall–Kier alpha value is -0.590. The molecule has 0 heterocycles. The summed E-state index contributed by atoms with van der Waals surface area (Å²) >= 11 is 0. The molecule has 0 fully saturated rings. The Bertz CT molecular complexity index is 274. The van der Waals surface area contributed by atoms with Gasteiger partial charge in [0, 0.05) is 18.6 Å². The monoisotopic (exact) mass is 184 g/mol. The lowest BCUT2D eigenvalue weighted by atomic mass is 10.4. The molecular formula is C9H13O2P. The van der Waals surface area contributed by atoms with Crippen LogP contribution < -0.4 is 5.30 Å². The Morgan fingerprint density at radius 1 is 1.33 bits per heavy atom. The van der Waals surface area contributed by atoms with E-state index in [2.05, 4.69) is 0 Å². The van der Waals surface area contributed by atoms with Gasteiger partial charge in [-0.1, -0.05) is 25.1 Å². The molecule has 0 saturated carbocycles. The average Bonchev–Trinajstić information content (AvgIpc) is 2.18. The lowest BCUT2D eigenvalue weighted by molar-refractivity contribution is 0.404. The maximum absolute atomic E-state index is 11.9. The fourth-order valence-corrected chi connectivity index (χ4v) is 2.53. The zero-order valence-electron chi connectivity index (χ0n) is 7.36. The maximum atomic E-state index is 11.9. The smallest absolute Gasteiger partial charge is 0.231 e. The summed E-state index contributed by atoms with van der Waals surface area (Å²) in [7, 11) is -1.04. The van der Waals surface area contributed by atoms with Crippen molar-refractivity contribution < 1.29 is 9.09 Å². The molecule has 3 heteroatoms. The molecule has 1 atom stereocenters. The van der Waals surface area contributed by atoms with Gasteiger partial charge in [-0.15, -0.1) is 0 Å². The molecule has 0 aliphatic rings. The SMILES string of the molecule is CC[P@@](=O)(OC)c1ccccc1. The quantitative estimate of drug-likeness (QED) is 0.673. The van der Waals surface area contributed by atoms with Crippen LogP contribution in [0.3, 0.4) is 0 Å². The first-order chi connectivity index (χ1) is 5.73. The van der Waals surface area contributed by atoms with Crippen LogP contribution >= 0.6 is 7.37 Å². The summed E-state index contributed by atoms with van der Waals surface area (Å²) in [6.07, 6.45) is 0.549.